The number of hydrogen-bond donors (Lipinski definition) is 1. The molecule has 0 atom stereocenters. The van der Waals surface area contributed by atoms with Crippen LogP contribution in [0.4, 0.5) is 10.1 Å². The second-order valence-electron chi connectivity index (χ2n) is 2.74. The minimum Gasteiger partial charge on any atom is -0.322 e. The minimum absolute atomic E-state index is 0.300. The molecule has 1 aromatic rings. The van der Waals surface area contributed by atoms with Crippen LogP contribution in [0, 0.1) is 5.82 Å². The molecule has 3 heteroatoms. The van der Waals surface area contributed by atoms with Crippen molar-refractivity contribution in [3.05, 3.63) is 42.2 Å². The van der Waals surface area contributed by atoms with E-state index in [0.29, 0.717) is 11.3 Å². The van der Waals surface area contributed by atoms with Crippen molar-refractivity contribution in [1.82, 2.24) is 0 Å². The van der Waals surface area contributed by atoms with Gasteiger partial charge in [-0.2, -0.15) is 0 Å². The van der Waals surface area contributed by atoms with Gasteiger partial charge in [0.05, 0.1) is 0 Å². The van der Waals surface area contributed by atoms with E-state index in [1.165, 1.54) is 18.2 Å². The van der Waals surface area contributed by atoms with Crippen LogP contribution >= 0.6 is 0 Å². The number of hydrogen-bond acceptors (Lipinski definition) is 1. The first kappa shape index (κ1) is 9.45. The minimum atomic E-state index is -0.375. The standard InChI is InChI=1S/C10H10FNO/c1-7(2)10(13)12-9-5-3-4-8(11)6-9/h3-6H,1H2,2H3,(H,12,13). The lowest BCUT2D eigenvalue weighted by Gasteiger charge is -2.03. The van der Waals surface area contributed by atoms with E-state index in [1.807, 2.05) is 0 Å². The monoisotopic (exact) mass is 179 g/mol. The summed E-state index contributed by atoms with van der Waals surface area (Å²) in [6.45, 7) is 5.06. The van der Waals surface area contributed by atoms with E-state index in [0.717, 1.165) is 0 Å². The molecular formula is C10H10FNO. The van der Waals surface area contributed by atoms with Crippen LogP contribution in [0.3, 0.4) is 0 Å². The second kappa shape index (κ2) is 3.85. The van der Waals surface area contributed by atoms with Crippen LogP contribution in [0.2, 0.25) is 0 Å². The van der Waals surface area contributed by atoms with Gasteiger partial charge in [0.15, 0.2) is 0 Å². The zero-order chi connectivity index (χ0) is 9.84. The van der Waals surface area contributed by atoms with E-state index in [4.69, 9.17) is 0 Å². The quantitative estimate of drug-likeness (QED) is 0.693. The maximum absolute atomic E-state index is 12.6. The maximum atomic E-state index is 12.6. The highest BCUT2D eigenvalue weighted by atomic mass is 19.1. The van der Waals surface area contributed by atoms with Crippen molar-refractivity contribution in [1.29, 1.82) is 0 Å². The number of halogens is 1. The molecule has 1 amide bonds. The smallest absolute Gasteiger partial charge is 0.250 e. The van der Waals surface area contributed by atoms with Crippen LogP contribution in [0.25, 0.3) is 0 Å². The zero-order valence-electron chi connectivity index (χ0n) is 7.30. The first-order valence-corrected chi connectivity index (χ1v) is 3.82. The summed E-state index contributed by atoms with van der Waals surface area (Å²) >= 11 is 0. The molecule has 0 aliphatic heterocycles. The predicted octanol–water partition coefficient (Wildman–Crippen LogP) is 2.34. The Bertz CT molecular complexity index is 347. The van der Waals surface area contributed by atoms with Crippen molar-refractivity contribution in [3.8, 4) is 0 Å². The number of carbonyl (C=O) groups excluding carboxylic acids is 1. The fourth-order valence-corrected chi connectivity index (χ4v) is 0.804. The topological polar surface area (TPSA) is 29.1 Å². The van der Waals surface area contributed by atoms with Gasteiger partial charge in [-0.1, -0.05) is 12.6 Å². The summed E-state index contributed by atoms with van der Waals surface area (Å²) in [5, 5.41) is 2.50. The molecule has 0 aliphatic rings. The number of carbonyl (C=O) groups is 1. The van der Waals surface area contributed by atoms with Crippen LogP contribution in [-0.4, -0.2) is 5.91 Å². The Labute approximate surface area is 76.1 Å². The van der Waals surface area contributed by atoms with Crippen molar-refractivity contribution in [2.24, 2.45) is 0 Å². The molecule has 0 aliphatic carbocycles. The molecule has 0 aromatic heterocycles. The van der Waals surface area contributed by atoms with Crippen LogP contribution in [0.1, 0.15) is 6.92 Å². The predicted molar refractivity (Wildman–Crippen MR) is 49.8 cm³/mol. The lowest BCUT2D eigenvalue weighted by molar-refractivity contribution is -0.112. The van der Waals surface area contributed by atoms with Gasteiger partial charge in [0.1, 0.15) is 5.82 Å². The Morgan fingerprint density at radius 3 is 2.77 bits per heavy atom. The molecule has 68 valence electrons. The van der Waals surface area contributed by atoms with Crippen LogP contribution in [0.15, 0.2) is 36.4 Å². The molecule has 0 heterocycles. The highest BCUT2D eigenvalue weighted by Gasteiger charge is 2.02. The SMILES string of the molecule is C=C(C)C(=O)Nc1cccc(F)c1. The molecule has 0 unspecified atom stereocenters. The number of amides is 1. The van der Waals surface area contributed by atoms with Crippen molar-refractivity contribution in [2.45, 2.75) is 6.92 Å². The Hall–Kier alpha value is -1.64. The van der Waals surface area contributed by atoms with E-state index in [2.05, 4.69) is 11.9 Å². The molecular weight excluding hydrogens is 169 g/mol. The van der Waals surface area contributed by atoms with E-state index in [9.17, 15) is 9.18 Å². The maximum Gasteiger partial charge on any atom is 0.250 e. The summed E-state index contributed by atoms with van der Waals surface area (Å²) in [7, 11) is 0. The van der Waals surface area contributed by atoms with Gasteiger partial charge in [-0.15, -0.1) is 0 Å². The molecule has 0 saturated carbocycles. The largest absolute Gasteiger partial charge is 0.322 e. The highest BCUT2D eigenvalue weighted by Crippen LogP contribution is 2.09. The molecule has 1 N–H and O–H groups in total. The van der Waals surface area contributed by atoms with E-state index >= 15 is 0 Å². The summed E-state index contributed by atoms with van der Waals surface area (Å²) in [4.78, 5) is 11.1. The Morgan fingerprint density at radius 1 is 1.54 bits per heavy atom. The first-order valence-electron chi connectivity index (χ1n) is 3.82. The zero-order valence-corrected chi connectivity index (χ0v) is 7.30. The first-order chi connectivity index (χ1) is 6.09. The molecule has 0 radical (unpaired) electrons. The molecule has 2 nitrogen and oxygen atoms in total. The van der Waals surface area contributed by atoms with E-state index in [-0.39, 0.29) is 11.7 Å². The molecule has 1 aromatic carbocycles. The van der Waals surface area contributed by atoms with Gasteiger partial charge in [0.25, 0.3) is 5.91 Å². The second-order valence-corrected chi connectivity index (χ2v) is 2.74. The molecule has 0 fully saturated rings. The molecule has 0 bridgehead atoms. The van der Waals surface area contributed by atoms with Crippen LogP contribution in [-0.2, 0) is 4.79 Å². The number of rotatable bonds is 2. The van der Waals surface area contributed by atoms with E-state index < -0.39 is 0 Å². The summed E-state index contributed by atoms with van der Waals surface area (Å²) < 4.78 is 12.6. The molecule has 0 spiro atoms. The van der Waals surface area contributed by atoms with Crippen molar-refractivity contribution in [2.75, 3.05) is 5.32 Å². The van der Waals surface area contributed by atoms with Gasteiger partial charge in [0, 0.05) is 11.3 Å². The van der Waals surface area contributed by atoms with Gasteiger partial charge in [-0.3, -0.25) is 4.79 Å². The van der Waals surface area contributed by atoms with Gasteiger partial charge in [0.2, 0.25) is 0 Å². The molecule has 0 saturated heterocycles. The van der Waals surface area contributed by atoms with Crippen molar-refractivity contribution >= 4 is 11.6 Å². The number of benzene rings is 1. The fourth-order valence-electron chi connectivity index (χ4n) is 0.804. The average molecular weight is 179 g/mol. The number of anilines is 1. The average Bonchev–Trinajstić information content (AvgIpc) is 2.04. The van der Waals surface area contributed by atoms with Gasteiger partial charge in [-0.25, -0.2) is 4.39 Å². The third-order valence-corrected chi connectivity index (χ3v) is 1.47. The van der Waals surface area contributed by atoms with E-state index in [1.54, 1.807) is 13.0 Å². The summed E-state index contributed by atoms with van der Waals surface area (Å²) in [5.41, 5.74) is 0.831. The van der Waals surface area contributed by atoms with Gasteiger partial charge < -0.3 is 5.32 Å². The van der Waals surface area contributed by atoms with Gasteiger partial charge in [-0.05, 0) is 25.1 Å². The lowest BCUT2D eigenvalue weighted by atomic mass is 10.3. The summed E-state index contributed by atoms with van der Waals surface area (Å²) in [6.07, 6.45) is 0. The van der Waals surface area contributed by atoms with Crippen molar-refractivity contribution < 1.29 is 9.18 Å². The fraction of sp³-hybridized carbons (Fsp3) is 0.100. The Morgan fingerprint density at radius 2 is 2.23 bits per heavy atom. The highest BCUT2D eigenvalue weighted by molar-refractivity contribution is 6.02. The lowest BCUT2D eigenvalue weighted by Crippen LogP contribution is -2.11. The Kier molecular flexibility index (Phi) is 2.80. The third kappa shape index (κ3) is 2.71. The molecule has 1 rings (SSSR count). The van der Waals surface area contributed by atoms with Crippen LogP contribution < -0.4 is 5.32 Å². The van der Waals surface area contributed by atoms with Crippen molar-refractivity contribution in [3.63, 3.8) is 0 Å². The normalized spacial score (nSPS) is 9.38. The summed E-state index contributed by atoms with van der Waals surface area (Å²) in [6, 6.07) is 5.71. The number of nitrogens with one attached hydrogen (secondary N) is 1. The van der Waals surface area contributed by atoms with Crippen LogP contribution in [0.5, 0.6) is 0 Å². The third-order valence-electron chi connectivity index (χ3n) is 1.47. The Balaban J connectivity index is 2.75. The molecule has 13 heavy (non-hydrogen) atoms. The van der Waals surface area contributed by atoms with Gasteiger partial charge >= 0.3 is 0 Å². The summed E-state index contributed by atoms with van der Waals surface area (Å²) in [5.74, 6) is -0.676.